The maximum atomic E-state index is 10.8. The fourth-order valence-corrected chi connectivity index (χ4v) is 3.45. The summed E-state index contributed by atoms with van der Waals surface area (Å²) in [5, 5.41) is 9.26. The van der Waals surface area contributed by atoms with Crippen LogP contribution in [0.3, 0.4) is 0 Å². The van der Waals surface area contributed by atoms with Gasteiger partial charge in [0.25, 0.3) is 0 Å². The zero-order valence-corrected chi connectivity index (χ0v) is 10.7. The van der Waals surface area contributed by atoms with Crippen molar-refractivity contribution in [2.75, 3.05) is 0 Å². The average Bonchev–Trinajstić information content (AvgIpc) is 2.93. The van der Waals surface area contributed by atoms with Crippen molar-refractivity contribution in [1.82, 2.24) is 0 Å². The number of carbonyl (C=O) groups is 1. The van der Waals surface area contributed by atoms with Crippen LogP contribution in [0.4, 0.5) is 0 Å². The highest BCUT2D eigenvalue weighted by Gasteiger charge is 2.41. The third kappa shape index (κ3) is 2.07. The van der Waals surface area contributed by atoms with Crippen LogP contribution < -0.4 is 4.74 Å². The first-order valence-electron chi connectivity index (χ1n) is 6.33. The predicted molar refractivity (Wildman–Crippen MR) is 68.3 cm³/mol. The van der Waals surface area contributed by atoms with E-state index < -0.39 is 5.97 Å². The van der Waals surface area contributed by atoms with Gasteiger partial charge in [0, 0.05) is 0 Å². The molecule has 18 heavy (non-hydrogen) atoms. The van der Waals surface area contributed by atoms with E-state index in [-0.39, 0.29) is 11.7 Å². The molecule has 0 radical (unpaired) electrons. The van der Waals surface area contributed by atoms with E-state index >= 15 is 0 Å². The Labute approximate surface area is 111 Å². The number of rotatable bonds is 3. The fourth-order valence-electron chi connectivity index (χ4n) is 3.22. The molecule has 3 unspecified atom stereocenters. The molecule has 3 rings (SSSR count). The van der Waals surface area contributed by atoms with Crippen LogP contribution in [0.15, 0.2) is 18.2 Å². The van der Waals surface area contributed by atoms with E-state index in [0.29, 0.717) is 16.7 Å². The molecule has 2 aliphatic carbocycles. The number of aromatic carboxylic acids is 1. The number of ether oxygens (including phenoxy) is 1. The summed E-state index contributed by atoms with van der Waals surface area (Å²) in [5.41, 5.74) is 0.195. The molecular formula is C14H15ClO3. The molecule has 1 N–H and O–H groups in total. The molecule has 96 valence electrons. The van der Waals surface area contributed by atoms with Crippen LogP contribution in [0.2, 0.25) is 5.02 Å². The van der Waals surface area contributed by atoms with Gasteiger partial charge in [0.2, 0.25) is 0 Å². The van der Waals surface area contributed by atoms with Gasteiger partial charge in [0.1, 0.15) is 11.9 Å². The summed E-state index contributed by atoms with van der Waals surface area (Å²) in [4.78, 5) is 10.8. The summed E-state index contributed by atoms with van der Waals surface area (Å²) in [6, 6.07) is 4.65. The lowest BCUT2D eigenvalue weighted by molar-refractivity contribution is 0.0697. The zero-order valence-electron chi connectivity index (χ0n) is 9.93. The van der Waals surface area contributed by atoms with Crippen LogP contribution in [0.1, 0.15) is 36.0 Å². The number of carboxylic acids is 1. The average molecular weight is 267 g/mol. The number of fused-ring (bicyclic) bond motifs is 2. The van der Waals surface area contributed by atoms with Crippen molar-refractivity contribution in [3.8, 4) is 5.75 Å². The van der Waals surface area contributed by atoms with Crippen LogP contribution in [0, 0.1) is 11.8 Å². The lowest BCUT2D eigenvalue weighted by atomic mass is 9.98. The number of hydrogen-bond acceptors (Lipinski definition) is 2. The van der Waals surface area contributed by atoms with Gasteiger partial charge < -0.3 is 9.84 Å². The maximum Gasteiger partial charge on any atom is 0.335 e. The van der Waals surface area contributed by atoms with Crippen molar-refractivity contribution in [2.24, 2.45) is 11.8 Å². The molecule has 2 fully saturated rings. The predicted octanol–water partition coefficient (Wildman–Crippen LogP) is 3.61. The quantitative estimate of drug-likeness (QED) is 0.909. The number of halogens is 1. The van der Waals surface area contributed by atoms with Gasteiger partial charge in [-0.15, -0.1) is 0 Å². The Bertz CT molecular complexity index is 486. The van der Waals surface area contributed by atoms with Crippen molar-refractivity contribution < 1.29 is 14.6 Å². The number of carboxylic acid groups (broad SMARTS) is 1. The van der Waals surface area contributed by atoms with E-state index in [2.05, 4.69) is 0 Å². The monoisotopic (exact) mass is 266 g/mol. The van der Waals surface area contributed by atoms with E-state index in [1.54, 1.807) is 6.07 Å². The minimum Gasteiger partial charge on any atom is -0.489 e. The number of hydrogen-bond donors (Lipinski definition) is 1. The summed E-state index contributed by atoms with van der Waals surface area (Å²) in [6.07, 6.45) is 5.23. The summed E-state index contributed by atoms with van der Waals surface area (Å²) in [7, 11) is 0. The number of benzene rings is 1. The van der Waals surface area contributed by atoms with Crippen LogP contribution in [-0.2, 0) is 0 Å². The van der Waals surface area contributed by atoms with Gasteiger partial charge in [0.05, 0.1) is 10.6 Å². The van der Waals surface area contributed by atoms with E-state index in [0.717, 1.165) is 12.3 Å². The molecule has 1 aromatic rings. The Hall–Kier alpha value is -1.22. The molecule has 0 amide bonds. The third-order valence-corrected chi connectivity index (χ3v) is 4.43. The Morgan fingerprint density at radius 1 is 1.33 bits per heavy atom. The molecule has 0 spiro atoms. The molecule has 0 saturated heterocycles. The van der Waals surface area contributed by atoms with Gasteiger partial charge in [-0.1, -0.05) is 11.6 Å². The van der Waals surface area contributed by atoms with E-state index in [1.165, 1.54) is 31.4 Å². The van der Waals surface area contributed by atoms with Crippen molar-refractivity contribution in [3.05, 3.63) is 28.8 Å². The van der Waals surface area contributed by atoms with Crippen molar-refractivity contribution in [3.63, 3.8) is 0 Å². The van der Waals surface area contributed by atoms with Crippen LogP contribution in [0.5, 0.6) is 5.75 Å². The second-order valence-corrected chi connectivity index (χ2v) is 5.69. The van der Waals surface area contributed by atoms with Crippen molar-refractivity contribution >= 4 is 17.6 Å². The largest absolute Gasteiger partial charge is 0.489 e. The normalized spacial score (nSPS) is 29.5. The van der Waals surface area contributed by atoms with E-state index in [4.69, 9.17) is 21.4 Å². The Kier molecular flexibility index (Phi) is 2.94. The summed E-state index contributed by atoms with van der Waals surface area (Å²) in [6.45, 7) is 0. The highest BCUT2D eigenvalue weighted by atomic mass is 35.5. The van der Waals surface area contributed by atoms with Crippen molar-refractivity contribution in [2.45, 2.75) is 31.8 Å². The van der Waals surface area contributed by atoms with Gasteiger partial charge in [-0.2, -0.15) is 0 Å². The highest BCUT2D eigenvalue weighted by molar-refractivity contribution is 6.32. The van der Waals surface area contributed by atoms with Gasteiger partial charge >= 0.3 is 5.97 Å². The van der Waals surface area contributed by atoms with E-state index in [1.807, 2.05) is 0 Å². The molecule has 4 heteroatoms. The molecular weight excluding hydrogens is 252 g/mol. The molecule has 0 aliphatic heterocycles. The standard InChI is InChI=1S/C14H15ClO3/c15-11-7-10(14(16)17)3-4-12(11)18-13-6-8-1-2-9(13)5-8/h3-4,7-9,13H,1-2,5-6H2,(H,16,17). The van der Waals surface area contributed by atoms with Gasteiger partial charge in [0.15, 0.2) is 0 Å². The Morgan fingerprint density at radius 2 is 2.17 bits per heavy atom. The minimum atomic E-state index is -0.969. The molecule has 0 aromatic heterocycles. The lowest BCUT2D eigenvalue weighted by Crippen LogP contribution is -2.23. The van der Waals surface area contributed by atoms with Crippen LogP contribution in [0.25, 0.3) is 0 Å². The first kappa shape index (κ1) is 11.8. The van der Waals surface area contributed by atoms with E-state index in [9.17, 15) is 4.79 Å². The highest BCUT2D eigenvalue weighted by Crippen LogP contribution is 2.46. The maximum absolute atomic E-state index is 10.8. The topological polar surface area (TPSA) is 46.5 Å². The summed E-state index contributed by atoms with van der Waals surface area (Å²) >= 11 is 6.07. The fraction of sp³-hybridized carbons (Fsp3) is 0.500. The molecule has 2 bridgehead atoms. The SMILES string of the molecule is O=C(O)c1ccc(OC2CC3CCC2C3)c(Cl)c1. The summed E-state index contributed by atoms with van der Waals surface area (Å²) < 4.78 is 5.95. The zero-order chi connectivity index (χ0) is 12.7. The first-order chi connectivity index (χ1) is 8.63. The lowest BCUT2D eigenvalue weighted by Gasteiger charge is -2.23. The summed E-state index contributed by atoms with van der Waals surface area (Å²) in [5.74, 6) is 1.12. The second-order valence-electron chi connectivity index (χ2n) is 5.28. The molecule has 2 aliphatic rings. The Morgan fingerprint density at radius 3 is 2.72 bits per heavy atom. The molecule has 0 heterocycles. The third-order valence-electron chi connectivity index (χ3n) is 4.13. The minimum absolute atomic E-state index is 0.195. The second kappa shape index (κ2) is 4.47. The molecule has 3 nitrogen and oxygen atoms in total. The smallest absolute Gasteiger partial charge is 0.335 e. The Balaban J connectivity index is 1.75. The molecule has 2 saturated carbocycles. The van der Waals surface area contributed by atoms with Crippen LogP contribution in [-0.4, -0.2) is 17.2 Å². The van der Waals surface area contributed by atoms with Gasteiger partial charge in [-0.05, 0) is 55.7 Å². The molecule has 3 atom stereocenters. The van der Waals surface area contributed by atoms with Gasteiger partial charge in [-0.3, -0.25) is 0 Å². The van der Waals surface area contributed by atoms with Crippen molar-refractivity contribution in [1.29, 1.82) is 0 Å². The molecule has 1 aromatic carbocycles. The first-order valence-corrected chi connectivity index (χ1v) is 6.71. The van der Waals surface area contributed by atoms with Gasteiger partial charge in [-0.25, -0.2) is 4.79 Å². The van der Waals surface area contributed by atoms with Crippen LogP contribution >= 0.6 is 11.6 Å².